The van der Waals surface area contributed by atoms with E-state index in [9.17, 15) is 0 Å². The average Bonchev–Trinajstić information content (AvgIpc) is 2.34. The van der Waals surface area contributed by atoms with Gasteiger partial charge in [0.25, 0.3) is 5.55 Å². The third-order valence-electron chi connectivity index (χ3n) is 1.37. The number of hydrogen-bond donors (Lipinski definition) is 1. The number of allylic oxidation sites excluding steroid dienone is 1. The second kappa shape index (κ2) is 3.44. The van der Waals surface area contributed by atoms with E-state index in [-0.39, 0.29) is 5.55 Å². The van der Waals surface area contributed by atoms with Crippen LogP contribution in [0.3, 0.4) is 0 Å². The van der Waals surface area contributed by atoms with E-state index in [1.165, 1.54) is 4.68 Å². The Morgan fingerprint density at radius 3 is 3.08 bits per heavy atom. The average molecular weight is 183 g/mol. The molecule has 0 bridgehead atoms. The summed E-state index contributed by atoms with van der Waals surface area (Å²) in [6.07, 6.45) is 2.22. The van der Waals surface area contributed by atoms with Gasteiger partial charge in [0, 0.05) is 6.92 Å². The fraction of sp³-hybridized carbons (Fsp3) is 0.286. The topological polar surface area (TPSA) is 55.0 Å². The van der Waals surface area contributed by atoms with Crippen LogP contribution in [-0.2, 0) is 6.42 Å². The Morgan fingerprint density at radius 2 is 2.58 bits per heavy atom. The Labute approximate surface area is 75.0 Å². The van der Waals surface area contributed by atoms with Gasteiger partial charge >= 0.3 is 0 Å². The van der Waals surface area contributed by atoms with E-state index in [0.717, 1.165) is 0 Å². The van der Waals surface area contributed by atoms with Gasteiger partial charge in [-0.1, -0.05) is 6.08 Å². The highest BCUT2D eigenvalue weighted by Gasteiger charge is 2.11. The summed E-state index contributed by atoms with van der Waals surface area (Å²) in [6, 6.07) is 0. The molecular formula is C7H9N3OS. The maximum atomic E-state index is 7.33. The number of nitrogens with one attached hydrogen (secondary N) is 1. The van der Waals surface area contributed by atoms with Crippen molar-refractivity contribution in [2.24, 2.45) is 0 Å². The molecule has 0 aromatic carbocycles. The fourth-order valence-corrected chi connectivity index (χ4v) is 0.987. The van der Waals surface area contributed by atoms with Gasteiger partial charge in [0.2, 0.25) is 10.7 Å². The van der Waals surface area contributed by atoms with E-state index in [2.05, 4.69) is 16.4 Å². The fourth-order valence-electron chi connectivity index (χ4n) is 0.843. The molecule has 4 nitrogen and oxygen atoms in total. The predicted octanol–water partition coefficient (Wildman–Crippen LogP) is -0.0723. The van der Waals surface area contributed by atoms with E-state index >= 15 is 0 Å². The van der Waals surface area contributed by atoms with Gasteiger partial charge in [0.1, 0.15) is 0 Å². The number of nitrogens with zero attached hydrogens (tertiary/aromatic N) is 2. The normalized spacial score (nSPS) is 9.75. The SMILES string of the molecule is C=CCc1c(=N)o[n-][n+]1C(C)=S. The summed E-state index contributed by atoms with van der Waals surface area (Å²) in [6.45, 7) is 5.29. The number of thiocarbonyl (C=S) groups is 1. The number of rotatable bonds is 2. The van der Waals surface area contributed by atoms with Gasteiger partial charge < -0.3 is 4.52 Å². The molecule has 0 aliphatic carbocycles. The summed E-state index contributed by atoms with van der Waals surface area (Å²) in [4.78, 5) is 0.564. The summed E-state index contributed by atoms with van der Waals surface area (Å²) in [5.74, 6) is 0. The first-order valence-electron chi connectivity index (χ1n) is 3.41. The lowest BCUT2D eigenvalue weighted by Crippen LogP contribution is -2.47. The highest BCUT2D eigenvalue weighted by molar-refractivity contribution is 7.79. The molecule has 12 heavy (non-hydrogen) atoms. The van der Waals surface area contributed by atoms with Crippen LogP contribution in [0.2, 0.25) is 0 Å². The van der Waals surface area contributed by atoms with E-state index in [1.807, 2.05) is 0 Å². The summed E-state index contributed by atoms with van der Waals surface area (Å²) >= 11 is 4.90. The van der Waals surface area contributed by atoms with Gasteiger partial charge in [-0.2, -0.15) is 4.68 Å². The van der Waals surface area contributed by atoms with Crippen LogP contribution in [0.5, 0.6) is 0 Å². The first kappa shape index (κ1) is 8.86. The van der Waals surface area contributed by atoms with Gasteiger partial charge in [0.15, 0.2) is 0 Å². The Morgan fingerprint density at radius 1 is 1.92 bits per heavy atom. The lowest BCUT2D eigenvalue weighted by atomic mass is 10.3. The molecule has 1 heterocycles. The molecule has 0 aliphatic heterocycles. The Bertz CT molecular complexity index is 363. The Hall–Kier alpha value is -1.23. The molecule has 1 aromatic rings. The molecule has 0 saturated carbocycles. The largest absolute Gasteiger partial charge is 0.486 e. The molecule has 0 atom stereocenters. The lowest BCUT2D eigenvalue weighted by molar-refractivity contribution is -0.644. The molecule has 0 spiro atoms. The summed E-state index contributed by atoms with van der Waals surface area (Å²) in [7, 11) is 0. The Kier molecular flexibility index (Phi) is 2.54. The van der Waals surface area contributed by atoms with Crippen LogP contribution in [0.4, 0.5) is 0 Å². The molecule has 5 heteroatoms. The molecule has 0 aliphatic rings. The van der Waals surface area contributed by atoms with Crippen molar-refractivity contribution < 1.29 is 9.20 Å². The van der Waals surface area contributed by atoms with Crippen molar-refractivity contribution in [2.75, 3.05) is 0 Å². The van der Waals surface area contributed by atoms with Crippen molar-refractivity contribution in [3.8, 4) is 0 Å². The molecule has 0 unspecified atom stereocenters. The van der Waals surface area contributed by atoms with E-state index in [1.54, 1.807) is 13.0 Å². The molecule has 0 saturated heterocycles. The highest BCUT2D eigenvalue weighted by Crippen LogP contribution is 1.84. The minimum atomic E-state index is 0.0408. The summed E-state index contributed by atoms with van der Waals surface area (Å²) in [5.41, 5.74) is 0.677. The van der Waals surface area contributed by atoms with Crippen LogP contribution in [0.15, 0.2) is 17.2 Å². The first-order chi connectivity index (χ1) is 5.66. The summed E-state index contributed by atoms with van der Waals surface area (Å²) < 4.78 is 6.08. The minimum absolute atomic E-state index is 0.0408. The van der Waals surface area contributed by atoms with Crippen LogP contribution in [0.25, 0.3) is 0 Å². The summed E-state index contributed by atoms with van der Waals surface area (Å²) in [5, 5.41) is 10.9. The van der Waals surface area contributed by atoms with Crippen molar-refractivity contribution in [3.63, 3.8) is 0 Å². The van der Waals surface area contributed by atoms with Crippen molar-refractivity contribution in [2.45, 2.75) is 13.3 Å². The second-order valence-corrected chi connectivity index (χ2v) is 2.86. The van der Waals surface area contributed by atoms with Crippen LogP contribution in [0, 0.1) is 5.41 Å². The lowest BCUT2D eigenvalue weighted by Gasteiger charge is -1.94. The van der Waals surface area contributed by atoms with E-state index in [0.29, 0.717) is 17.1 Å². The Balaban J connectivity index is 3.21. The molecular weight excluding hydrogens is 174 g/mol. The molecule has 0 radical (unpaired) electrons. The highest BCUT2D eigenvalue weighted by atomic mass is 32.1. The van der Waals surface area contributed by atoms with Gasteiger partial charge in [-0.05, 0) is 12.2 Å². The molecule has 0 amide bonds. The zero-order chi connectivity index (χ0) is 9.14. The van der Waals surface area contributed by atoms with Crippen LogP contribution in [0.1, 0.15) is 12.6 Å². The molecule has 0 fully saturated rings. The maximum Gasteiger partial charge on any atom is 0.269 e. The van der Waals surface area contributed by atoms with Crippen molar-refractivity contribution >= 4 is 17.2 Å². The van der Waals surface area contributed by atoms with Crippen LogP contribution >= 0.6 is 12.2 Å². The number of hydrogen-bond acceptors (Lipinski definition) is 3. The van der Waals surface area contributed by atoms with Crippen LogP contribution in [-0.4, -0.2) is 4.99 Å². The van der Waals surface area contributed by atoms with Gasteiger partial charge in [-0.15, -0.1) is 6.58 Å². The van der Waals surface area contributed by atoms with Crippen molar-refractivity contribution in [1.29, 1.82) is 5.41 Å². The standard InChI is InChI=1S/C7H9N3OS/c1-3-4-6-7(8)11-9-10(6)5(2)12/h3,8H,1,4H2,2H3. The third kappa shape index (κ3) is 1.50. The minimum Gasteiger partial charge on any atom is -0.486 e. The van der Waals surface area contributed by atoms with E-state index in [4.69, 9.17) is 17.6 Å². The molecule has 1 rings (SSSR count). The smallest absolute Gasteiger partial charge is 0.269 e. The van der Waals surface area contributed by atoms with Crippen molar-refractivity contribution in [1.82, 2.24) is 5.27 Å². The van der Waals surface area contributed by atoms with E-state index < -0.39 is 0 Å². The van der Waals surface area contributed by atoms with Crippen molar-refractivity contribution in [3.05, 3.63) is 23.9 Å². The van der Waals surface area contributed by atoms with Gasteiger partial charge in [-0.25, -0.2) is 5.27 Å². The molecule has 1 N–H and O–H groups in total. The molecule has 1 aromatic heterocycles. The monoisotopic (exact) mass is 183 g/mol. The zero-order valence-electron chi connectivity index (χ0n) is 6.70. The molecule has 64 valence electrons. The number of aromatic nitrogens is 2. The third-order valence-corrected chi connectivity index (χ3v) is 1.54. The van der Waals surface area contributed by atoms with Crippen LogP contribution < -0.4 is 15.5 Å². The second-order valence-electron chi connectivity index (χ2n) is 2.27. The zero-order valence-corrected chi connectivity index (χ0v) is 7.52. The maximum absolute atomic E-state index is 7.33. The van der Waals surface area contributed by atoms with Gasteiger partial charge in [-0.3, -0.25) is 5.41 Å². The predicted molar refractivity (Wildman–Crippen MR) is 45.6 cm³/mol. The quantitative estimate of drug-likeness (QED) is 0.396. The first-order valence-corrected chi connectivity index (χ1v) is 3.82. The van der Waals surface area contributed by atoms with Gasteiger partial charge in [0.05, 0.1) is 6.42 Å².